The van der Waals surface area contributed by atoms with E-state index in [2.05, 4.69) is 24.8 Å². The smallest absolute Gasteiger partial charge is 0.120 e. The van der Waals surface area contributed by atoms with E-state index in [9.17, 15) is 5.11 Å². The maximum Gasteiger partial charge on any atom is 0.120 e. The van der Waals surface area contributed by atoms with Crippen LogP contribution in [0, 0.1) is 6.92 Å². The van der Waals surface area contributed by atoms with Gasteiger partial charge in [-0.15, -0.1) is 0 Å². The zero-order valence-electron chi connectivity index (χ0n) is 9.94. The molecule has 3 heteroatoms. The van der Waals surface area contributed by atoms with E-state index in [1.807, 2.05) is 6.07 Å². The highest BCUT2D eigenvalue weighted by Gasteiger charge is 2.20. The van der Waals surface area contributed by atoms with Crippen LogP contribution >= 0.6 is 0 Å². The highest BCUT2D eigenvalue weighted by atomic mass is 16.5. The Morgan fingerprint density at radius 1 is 1.31 bits per heavy atom. The van der Waals surface area contributed by atoms with Gasteiger partial charge in [-0.3, -0.25) is 4.90 Å². The first kappa shape index (κ1) is 11.4. The second-order valence-corrected chi connectivity index (χ2v) is 4.39. The van der Waals surface area contributed by atoms with Gasteiger partial charge in [0, 0.05) is 24.7 Å². The SMILES string of the molecule is Cc1ccc(O)c(C(C)N2CCOCC2)c1. The average Bonchev–Trinajstić information content (AvgIpc) is 2.32. The standard InChI is InChI=1S/C13H19NO2/c1-10-3-4-13(15)12(9-10)11(2)14-5-7-16-8-6-14/h3-4,9,11,15H,5-8H2,1-2H3. The lowest BCUT2D eigenvalue weighted by molar-refractivity contribution is 0.0194. The van der Waals surface area contributed by atoms with Gasteiger partial charge in [0.15, 0.2) is 0 Å². The first-order valence-corrected chi connectivity index (χ1v) is 5.80. The summed E-state index contributed by atoms with van der Waals surface area (Å²) in [5.41, 5.74) is 2.20. The molecule has 2 rings (SSSR count). The van der Waals surface area contributed by atoms with Crippen LogP contribution in [0.2, 0.25) is 0 Å². The maximum atomic E-state index is 9.88. The van der Waals surface area contributed by atoms with Crippen LogP contribution in [0.4, 0.5) is 0 Å². The largest absolute Gasteiger partial charge is 0.508 e. The second kappa shape index (κ2) is 4.85. The van der Waals surface area contributed by atoms with E-state index >= 15 is 0 Å². The first-order chi connectivity index (χ1) is 7.68. The fourth-order valence-corrected chi connectivity index (χ4v) is 2.17. The fourth-order valence-electron chi connectivity index (χ4n) is 2.17. The summed E-state index contributed by atoms with van der Waals surface area (Å²) in [7, 11) is 0. The van der Waals surface area contributed by atoms with E-state index in [1.54, 1.807) is 6.07 Å². The molecule has 0 aromatic heterocycles. The molecular formula is C13H19NO2. The van der Waals surface area contributed by atoms with Crippen molar-refractivity contribution >= 4 is 0 Å². The lowest BCUT2D eigenvalue weighted by atomic mass is 10.0. The lowest BCUT2D eigenvalue weighted by Crippen LogP contribution is -2.38. The van der Waals surface area contributed by atoms with Crippen molar-refractivity contribution in [2.24, 2.45) is 0 Å². The number of hydrogen-bond donors (Lipinski definition) is 1. The second-order valence-electron chi connectivity index (χ2n) is 4.39. The molecule has 3 nitrogen and oxygen atoms in total. The molecule has 1 aromatic rings. The monoisotopic (exact) mass is 221 g/mol. The van der Waals surface area contributed by atoms with Crippen LogP contribution in [0.5, 0.6) is 5.75 Å². The van der Waals surface area contributed by atoms with E-state index in [0.29, 0.717) is 5.75 Å². The Morgan fingerprint density at radius 2 is 2.00 bits per heavy atom. The van der Waals surface area contributed by atoms with Crippen molar-refractivity contribution in [2.75, 3.05) is 26.3 Å². The minimum Gasteiger partial charge on any atom is -0.508 e. The van der Waals surface area contributed by atoms with Crippen molar-refractivity contribution < 1.29 is 9.84 Å². The minimum absolute atomic E-state index is 0.254. The highest BCUT2D eigenvalue weighted by Crippen LogP contribution is 2.29. The lowest BCUT2D eigenvalue weighted by Gasteiger charge is -2.32. The third-order valence-corrected chi connectivity index (χ3v) is 3.23. The number of ether oxygens (including phenoxy) is 1. The molecule has 1 aromatic carbocycles. The predicted molar refractivity (Wildman–Crippen MR) is 63.7 cm³/mol. The van der Waals surface area contributed by atoms with Crippen molar-refractivity contribution in [3.05, 3.63) is 29.3 Å². The van der Waals surface area contributed by atoms with Crippen molar-refractivity contribution in [3.8, 4) is 5.75 Å². The zero-order valence-corrected chi connectivity index (χ0v) is 9.94. The van der Waals surface area contributed by atoms with Gasteiger partial charge in [-0.1, -0.05) is 17.7 Å². The molecule has 16 heavy (non-hydrogen) atoms. The maximum absolute atomic E-state index is 9.88. The first-order valence-electron chi connectivity index (χ1n) is 5.80. The third kappa shape index (κ3) is 2.36. The number of rotatable bonds is 2. The van der Waals surface area contributed by atoms with E-state index in [4.69, 9.17) is 4.74 Å². The summed E-state index contributed by atoms with van der Waals surface area (Å²) < 4.78 is 5.34. The van der Waals surface area contributed by atoms with Crippen LogP contribution in [0.1, 0.15) is 24.1 Å². The molecule has 1 atom stereocenters. The fraction of sp³-hybridized carbons (Fsp3) is 0.538. The van der Waals surface area contributed by atoms with Gasteiger partial charge in [-0.2, -0.15) is 0 Å². The minimum atomic E-state index is 0.254. The van der Waals surface area contributed by atoms with Crippen LogP contribution in [-0.2, 0) is 4.74 Å². The summed E-state index contributed by atoms with van der Waals surface area (Å²) >= 11 is 0. The average molecular weight is 221 g/mol. The molecule has 0 aliphatic carbocycles. The molecule has 1 saturated heterocycles. The number of aromatic hydroxyl groups is 1. The van der Waals surface area contributed by atoms with Crippen LogP contribution in [-0.4, -0.2) is 36.3 Å². The Balaban J connectivity index is 2.18. The number of aryl methyl sites for hydroxylation is 1. The Kier molecular flexibility index (Phi) is 3.46. The zero-order chi connectivity index (χ0) is 11.5. The van der Waals surface area contributed by atoms with Gasteiger partial charge < -0.3 is 9.84 Å². The Labute approximate surface area is 96.6 Å². The Bertz CT molecular complexity index is 359. The van der Waals surface area contributed by atoms with Gasteiger partial charge in [-0.25, -0.2) is 0 Å². The molecule has 0 saturated carbocycles. The van der Waals surface area contributed by atoms with Gasteiger partial charge in [-0.05, 0) is 19.9 Å². The van der Waals surface area contributed by atoms with E-state index in [-0.39, 0.29) is 6.04 Å². The molecule has 1 N–H and O–H groups in total. The molecule has 1 unspecified atom stereocenters. The Hall–Kier alpha value is -1.06. The number of phenols is 1. The summed E-state index contributed by atoms with van der Waals surface area (Å²) in [6, 6.07) is 6.03. The number of hydrogen-bond acceptors (Lipinski definition) is 3. The molecule has 0 spiro atoms. The molecule has 1 aliphatic rings. The summed E-state index contributed by atoms with van der Waals surface area (Å²) in [6.07, 6.45) is 0. The van der Waals surface area contributed by atoms with Gasteiger partial charge in [0.2, 0.25) is 0 Å². The number of morpholine rings is 1. The summed E-state index contributed by atoms with van der Waals surface area (Å²) in [5.74, 6) is 0.393. The third-order valence-electron chi connectivity index (χ3n) is 3.23. The molecule has 0 bridgehead atoms. The van der Waals surface area contributed by atoms with E-state index in [0.717, 1.165) is 31.9 Å². The summed E-state index contributed by atoms with van der Waals surface area (Å²) in [4.78, 5) is 2.35. The van der Waals surface area contributed by atoms with E-state index < -0.39 is 0 Å². The Morgan fingerprint density at radius 3 is 2.69 bits per heavy atom. The molecule has 0 amide bonds. The highest BCUT2D eigenvalue weighted by molar-refractivity contribution is 5.37. The molecule has 1 heterocycles. The molecule has 1 fully saturated rings. The molecule has 1 aliphatic heterocycles. The van der Waals surface area contributed by atoms with Crippen LogP contribution < -0.4 is 0 Å². The molecule has 88 valence electrons. The van der Waals surface area contributed by atoms with Gasteiger partial charge in [0.05, 0.1) is 13.2 Å². The summed E-state index contributed by atoms with van der Waals surface area (Å²) in [6.45, 7) is 7.64. The topological polar surface area (TPSA) is 32.7 Å². The molecular weight excluding hydrogens is 202 g/mol. The van der Waals surface area contributed by atoms with E-state index in [1.165, 1.54) is 5.56 Å². The molecule has 0 radical (unpaired) electrons. The summed E-state index contributed by atoms with van der Waals surface area (Å²) in [5, 5.41) is 9.88. The van der Waals surface area contributed by atoms with Crippen LogP contribution in [0.15, 0.2) is 18.2 Å². The number of phenolic OH excluding ortho intramolecular Hbond substituents is 1. The quantitative estimate of drug-likeness (QED) is 0.830. The van der Waals surface area contributed by atoms with Crippen LogP contribution in [0.3, 0.4) is 0 Å². The van der Waals surface area contributed by atoms with Gasteiger partial charge in [0.25, 0.3) is 0 Å². The normalized spacial score (nSPS) is 19.6. The number of nitrogens with zero attached hydrogens (tertiary/aromatic N) is 1. The van der Waals surface area contributed by atoms with Crippen molar-refractivity contribution in [1.82, 2.24) is 4.90 Å². The van der Waals surface area contributed by atoms with Crippen molar-refractivity contribution in [2.45, 2.75) is 19.9 Å². The predicted octanol–water partition coefficient (Wildman–Crippen LogP) is 2.09. The van der Waals surface area contributed by atoms with Gasteiger partial charge >= 0.3 is 0 Å². The van der Waals surface area contributed by atoms with Crippen LogP contribution in [0.25, 0.3) is 0 Å². The van der Waals surface area contributed by atoms with Gasteiger partial charge in [0.1, 0.15) is 5.75 Å². The number of benzene rings is 1. The van der Waals surface area contributed by atoms with Crippen molar-refractivity contribution in [1.29, 1.82) is 0 Å². The van der Waals surface area contributed by atoms with Crippen molar-refractivity contribution in [3.63, 3.8) is 0 Å².